The van der Waals surface area contributed by atoms with E-state index in [1.165, 1.54) is 10.5 Å². The third-order valence-electron chi connectivity index (χ3n) is 2.11. The summed E-state index contributed by atoms with van der Waals surface area (Å²) >= 11 is 1.66. The minimum atomic E-state index is 0.109. The summed E-state index contributed by atoms with van der Waals surface area (Å²) in [6, 6.07) is 8.25. The fraction of sp³-hybridized carbons (Fsp3) is 0.455. The SMILES string of the molecule is CC[C@H](N)c1ccccc1SCCO. The maximum atomic E-state index is 8.76. The fourth-order valence-electron chi connectivity index (χ4n) is 1.29. The molecule has 1 aromatic carbocycles. The van der Waals surface area contributed by atoms with Crippen LogP contribution in [0.4, 0.5) is 0 Å². The molecule has 3 heteroatoms. The van der Waals surface area contributed by atoms with Crippen LogP contribution in [0.3, 0.4) is 0 Å². The Balaban J connectivity index is 2.79. The van der Waals surface area contributed by atoms with E-state index >= 15 is 0 Å². The first kappa shape index (κ1) is 11.6. The highest BCUT2D eigenvalue weighted by molar-refractivity contribution is 7.99. The maximum absolute atomic E-state index is 8.76. The molecule has 1 aromatic rings. The van der Waals surface area contributed by atoms with Gasteiger partial charge in [-0.15, -0.1) is 11.8 Å². The van der Waals surface area contributed by atoms with Gasteiger partial charge < -0.3 is 10.8 Å². The van der Waals surface area contributed by atoms with Crippen molar-refractivity contribution in [3.63, 3.8) is 0 Å². The van der Waals surface area contributed by atoms with Crippen molar-refractivity contribution < 1.29 is 5.11 Å². The summed E-state index contributed by atoms with van der Waals surface area (Å²) in [5.41, 5.74) is 7.18. The Morgan fingerprint density at radius 1 is 1.43 bits per heavy atom. The first-order valence-electron chi connectivity index (χ1n) is 4.87. The molecule has 3 N–H and O–H groups in total. The van der Waals surface area contributed by atoms with Gasteiger partial charge in [0.2, 0.25) is 0 Å². The summed E-state index contributed by atoms with van der Waals surface area (Å²) in [6.07, 6.45) is 0.941. The van der Waals surface area contributed by atoms with Crippen molar-refractivity contribution in [2.45, 2.75) is 24.3 Å². The molecule has 1 rings (SSSR count). The number of aliphatic hydroxyl groups is 1. The Bertz CT molecular complexity index is 278. The van der Waals surface area contributed by atoms with Gasteiger partial charge in [0.15, 0.2) is 0 Å². The molecule has 0 fully saturated rings. The van der Waals surface area contributed by atoms with Crippen LogP contribution in [-0.4, -0.2) is 17.5 Å². The molecule has 0 unspecified atom stereocenters. The van der Waals surface area contributed by atoms with Gasteiger partial charge in [0.25, 0.3) is 0 Å². The number of benzene rings is 1. The highest BCUT2D eigenvalue weighted by atomic mass is 32.2. The average Bonchev–Trinajstić information content (AvgIpc) is 2.25. The molecule has 14 heavy (non-hydrogen) atoms. The Hall–Kier alpha value is -0.510. The molecule has 0 amide bonds. The Kier molecular flexibility index (Phi) is 5.01. The topological polar surface area (TPSA) is 46.2 Å². The lowest BCUT2D eigenvalue weighted by molar-refractivity contribution is 0.322. The fourth-order valence-corrected chi connectivity index (χ4v) is 2.17. The van der Waals surface area contributed by atoms with Crippen LogP contribution in [-0.2, 0) is 0 Å². The average molecular weight is 211 g/mol. The highest BCUT2D eigenvalue weighted by Gasteiger charge is 2.08. The minimum absolute atomic E-state index is 0.109. The molecule has 0 heterocycles. The molecule has 0 aliphatic rings. The van der Waals surface area contributed by atoms with Gasteiger partial charge in [-0.25, -0.2) is 0 Å². The first-order valence-corrected chi connectivity index (χ1v) is 5.86. The van der Waals surface area contributed by atoms with E-state index < -0.39 is 0 Å². The first-order chi connectivity index (χ1) is 6.79. The van der Waals surface area contributed by atoms with Gasteiger partial charge in [-0.3, -0.25) is 0 Å². The summed E-state index contributed by atoms with van der Waals surface area (Å²) in [5.74, 6) is 0.730. The summed E-state index contributed by atoms with van der Waals surface area (Å²) in [4.78, 5) is 1.19. The second-order valence-corrected chi connectivity index (χ2v) is 4.26. The molecule has 78 valence electrons. The standard InChI is InChI=1S/C11H17NOS/c1-2-10(12)9-5-3-4-6-11(9)14-8-7-13/h3-6,10,13H,2,7-8,12H2,1H3/t10-/m0/s1. The number of hydrogen-bond acceptors (Lipinski definition) is 3. The lowest BCUT2D eigenvalue weighted by atomic mass is 10.1. The zero-order valence-electron chi connectivity index (χ0n) is 8.44. The van der Waals surface area contributed by atoms with Gasteiger partial charge in [0.05, 0.1) is 6.61 Å². The molecule has 0 aromatic heterocycles. The molecule has 0 saturated carbocycles. The zero-order valence-corrected chi connectivity index (χ0v) is 9.26. The molecule has 0 aliphatic heterocycles. The molecule has 0 aliphatic carbocycles. The van der Waals surface area contributed by atoms with Gasteiger partial charge in [0.1, 0.15) is 0 Å². The molecular formula is C11H17NOS. The van der Waals surface area contributed by atoms with E-state index in [0.717, 1.165) is 12.2 Å². The number of thioether (sulfide) groups is 1. The van der Waals surface area contributed by atoms with E-state index in [-0.39, 0.29) is 12.6 Å². The Labute approximate surface area is 89.5 Å². The number of hydrogen-bond donors (Lipinski definition) is 2. The van der Waals surface area contributed by atoms with Crippen molar-refractivity contribution in [3.8, 4) is 0 Å². The van der Waals surface area contributed by atoms with E-state index in [1.807, 2.05) is 12.1 Å². The largest absolute Gasteiger partial charge is 0.396 e. The van der Waals surface area contributed by atoms with E-state index in [0.29, 0.717) is 0 Å². The van der Waals surface area contributed by atoms with Crippen molar-refractivity contribution in [3.05, 3.63) is 29.8 Å². The van der Waals surface area contributed by atoms with Gasteiger partial charge >= 0.3 is 0 Å². The van der Waals surface area contributed by atoms with E-state index in [9.17, 15) is 0 Å². The lowest BCUT2D eigenvalue weighted by Crippen LogP contribution is -2.09. The van der Waals surface area contributed by atoms with E-state index in [4.69, 9.17) is 10.8 Å². The van der Waals surface area contributed by atoms with Gasteiger partial charge in [-0.2, -0.15) is 0 Å². The molecule has 0 radical (unpaired) electrons. The summed E-state index contributed by atoms with van der Waals surface area (Å²) in [7, 11) is 0. The zero-order chi connectivity index (χ0) is 10.4. The van der Waals surface area contributed by atoms with Crippen molar-refractivity contribution in [1.82, 2.24) is 0 Å². The predicted octanol–water partition coefficient (Wildman–Crippen LogP) is 2.18. The third-order valence-corrected chi connectivity index (χ3v) is 3.18. The van der Waals surface area contributed by atoms with Crippen LogP contribution in [0.5, 0.6) is 0 Å². The molecule has 1 atom stereocenters. The van der Waals surface area contributed by atoms with Crippen LogP contribution in [0.2, 0.25) is 0 Å². The number of aliphatic hydroxyl groups excluding tert-OH is 1. The molecule has 0 bridgehead atoms. The van der Waals surface area contributed by atoms with Crippen molar-refractivity contribution in [1.29, 1.82) is 0 Å². The van der Waals surface area contributed by atoms with Gasteiger partial charge in [0, 0.05) is 16.7 Å². The van der Waals surface area contributed by atoms with Crippen molar-refractivity contribution in [2.75, 3.05) is 12.4 Å². The maximum Gasteiger partial charge on any atom is 0.0525 e. The van der Waals surface area contributed by atoms with Crippen molar-refractivity contribution >= 4 is 11.8 Å². The molecular weight excluding hydrogens is 194 g/mol. The smallest absolute Gasteiger partial charge is 0.0525 e. The van der Waals surface area contributed by atoms with Gasteiger partial charge in [-0.1, -0.05) is 25.1 Å². The van der Waals surface area contributed by atoms with Crippen LogP contribution >= 0.6 is 11.8 Å². The molecule has 0 spiro atoms. The van der Waals surface area contributed by atoms with Crippen LogP contribution in [0, 0.1) is 0 Å². The van der Waals surface area contributed by atoms with Crippen LogP contribution in [0.15, 0.2) is 29.2 Å². The van der Waals surface area contributed by atoms with Gasteiger partial charge in [-0.05, 0) is 18.1 Å². The quantitative estimate of drug-likeness (QED) is 0.734. The normalized spacial score (nSPS) is 12.8. The van der Waals surface area contributed by atoms with Crippen LogP contribution in [0.1, 0.15) is 24.9 Å². The van der Waals surface area contributed by atoms with E-state index in [1.54, 1.807) is 11.8 Å². The highest BCUT2D eigenvalue weighted by Crippen LogP contribution is 2.27. The van der Waals surface area contributed by atoms with Crippen LogP contribution < -0.4 is 5.73 Å². The molecule has 0 saturated heterocycles. The predicted molar refractivity (Wildman–Crippen MR) is 61.5 cm³/mol. The Morgan fingerprint density at radius 3 is 2.79 bits per heavy atom. The van der Waals surface area contributed by atoms with Crippen LogP contribution in [0.25, 0.3) is 0 Å². The summed E-state index contributed by atoms with van der Waals surface area (Å²) < 4.78 is 0. The van der Waals surface area contributed by atoms with E-state index in [2.05, 4.69) is 19.1 Å². The number of nitrogens with two attached hydrogens (primary N) is 1. The number of rotatable bonds is 5. The third kappa shape index (κ3) is 3.01. The molecule has 2 nitrogen and oxygen atoms in total. The monoisotopic (exact) mass is 211 g/mol. The Morgan fingerprint density at radius 2 is 2.14 bits per heavy atom. The summed E-state index contributed by atoms with van der Waals surface area (Å²) in [6.45, 7) is 2.29. The minimum Gasteiger partial charge on any atom is -0.396 e. The van der Waals surface area contributed by atoms with Crippen molar-refractivity contribution in [2.24, 2.45) is 5.73 Å². The second kappa shape index (κ2) is 6.06. The lowest BCUT2D eigenvalue weighted by Gasteiger charge is -2.13. The second-order valence-electron chi connectivity index (χ2n) is 3.12. The summed E-state index contributed by atoms with van der Waals surface area (Å²) in [5, 5.41) is 8.76.